The second-order valence-corrected chi connectivity index (χ2v) is 5.35. The summed E-state index contributed by atoms with van der Waals surface area (Å²) < 4.78 is 0. The first-order valence-electron chi connectivity index (χ1n) is 7.90. The quantitative estimate of drug-likeness (QED) is 0.427. The number of nitrogens with one attached hydrogen (secondary N) is 3. The van der Waals surface area contributed by atoms with Crippen molar-refractivity contribution in [3.05, 3.63) is 71.0 Å². The Bertz CT molecular complexity index is 933. The Labute approximate surface area is 153 Å². The van der Waals surface area contributed by atoms with Gasteiger partial charge in [-0.1, -0.05) is 30.3 Å². The van der Waals surface area contributed by atoms with Gasteiger partial charge < -0.3 is 5.32 Å². The number of carbonyl (C=O) groups is 1. The van der Waals surface area contributed by atoms with Crippen molar-refractivity contribution in [1.82, 2.24) is 20.6 Å². The summed E-state index contributed by atoms with van der Waals surface area (Å²) in [7, 11) is 0. The van der Waals surface area contributed by atoms with Gasteiger partial charge in [-0.3, -0.25) is 30.7 Å². The topological polar surface area (TPSA) is 135 Å². The molecule has 0 saturated heterocycles. The molecule has 0 spiro atoms. The Morgan fingerprint density at radius 1 is 1.07 bits per heavy atom. The van der Waals surface area contributed by atoms with Crippen molar-refractivity contribution < 1.29 is 9.72 Å². The summed E-state index contributed by atoms with van der Waals surface area (Å²) >= 11 is 0. The Morgan fingerprint density at radius 3 is 2.59 bits per heavy atom. The van der Waals surface area contributed by atoms with E-state index in [0.717, 1.165) is 11.8 Å². The van der Waals surface area contributed by atoms with Gasteiger partial charge in [0.15, 0.2) is 5.82 Å². The molecule has 0 atom stereocenters. The molecule has 0 aliphatic carbocycles. The van der Waals surface area contributed by atoms with Gasteiger partial charge in [0.25, 0.3) is 5.91 Å². The van der Waals surface area contributed by atoms with Gasteiger partial charge >= 0.3 is 5.69 Å². The van der Waals surface area contributed by atoms with Crippen molar-refractivity contribution in [2.75, 3.05) is 17.3 Å². The second kappa shape index (κ2) is 8.34. The van der Waals surface area contributed by atoms with Gasteiger partial charge in [0, 0.05) is 11.8 Å². The maximum Gasteiger partial charge on any atom is 0.310 e. The fourth-order valence-electron chi connectivity index (χ4n) is 2.20. The van der Waals surface area contributed by atoms with Crippen LogP contribution in [-0.2, 0) is 4.79 Å². The third-order valence-corrected chi connectivity index (χ3v) is 3.50. The zero-order chi connectivity index (χ0) is 19.1. The van der Waals surface area contributed by atoms with Crippen molar-refractivity contribution in [3.8, 4) is 11.3 Å². The van der Waals surface area contributed by atoms with E-state index in [4.69, 9.17) is 0 Å². The first-order valence-corrected chi connectivity index (χ1v) is 7.90. The monoisotopic (exact) mass is 365 g/mol. The number of carbonyl (C=O) groups excluding carboxylic acids is 1. The number of nitrogens with zero attached hydrogens (tertiary/aromatic N) is 4. The lowest BCUT2D eigenvalue weighted by Crippen LogP contribution is -2.34. The molecule has 1 amide bonds. The fraction of sp³-hybridized carbons (Fsp3) is 0.0588. The van der Waals surface area contributed by atoms with Crippen LogP contribution in [0.25, 0.3) is 11.3 Å². The highest BCUT2D eigenvalue weighted by Crippen LogP contribution is 2.21. The van der Waals surface area contributed by atoms with Crippen molar-refractivity contribution in [1.29, 1.82) is 0 Å². The molecule has 3 aromatic rings. The predicted molar refractivity (Wildman–Crippen MR) is 98.6 cm³/mol. The van der Waals surface area contributed by atoms with Gasteiger partial charge in [-0.25, -0.2) is 0 Å². The number of hydrogen-bond donors (Lipinski definition) is 3. The number of pyridine rings is 1. The number of amides is 1. The van der Waals surface area contributed by atoms with Crippen LogP contribution in [0.1, 0.15) is 0 Å². The van der Waals surface area contributed by atoms with Crippen LogP contribution in [0.5, 0.6) is 0 Å². The van der Waals surface area contributed by atoms with E-state index in [2.05, 4.69) is 31.3 Å². The summed E-state index contributed by atoms with van der Waals surface area (Å²) in [6.45, 7) is -0.173. The minimum Gasteiger partial charge on any atom is -0.370 e. The van der Waals surface area contributed by atoms with Crippen LogP contribution in [0.3, 0.4) is 0 Å². The Kier molecular flexibility index (Phi) is 5.48. The fourth-order valence-corrected chi connectivity index (χ4v) is 2.20. The first-order chi connectivity index (χ1) is 13.1. The zero-order valence-electron chi connectivity index (χ0n) is 14.0. The van der Waals surface area contributed by atoms with Gasteiger partial charge in [-0.15, -0.1) is 10.2 Å². The van der Waals surface area contributed by atoms with Gasteiger partial charge in [0.05, 0.1) is 17.2 Å². The Balaban J connectivity index is 1.52. The highest BCUT2D eigenvalue weighted by atomic mass is 16.6. The van der Waals surface area contributed by atoms with Gasteiger partial charge in [0.1, 0.15) is 11.9 Å². The third kappa shape index (κ3) is 4.72. The molecule has 27 heavy (non-hydrogen) atoms. The average molecular weight is 365 g/mol. The van der Waals surface area contributed by atoms with E-state index >= 15 is 0 Å². The molecule has 10 nitrogen and oxygen atoms in total. The minimum absolute atomic E-state index is 0.173. The van der Waals surface area contributed by atoms with E-state index in [1.54, 1.807) is 12.1 Å². The highest BCUT2D eigenvalue weighted by Gasteiger charge is 2.13. The average Bonchev–Trinajstić information content (AvgIpc) is 2.72. The number of nitro groups is 1. The molecule has 0 saturated carbocycles. The Hall–Kier alpha value is -4.08. The minimum atomic E-state index is -0.574. The van der Waals surface area contributed by atoms with Crippen molar-refractivity contribution in [2.45, 2.75) is 0 Å². The molecule has 0 fully saturated rings. The number of hydrogen-bond acceptors (Lipinski definition) is 8. The van der Waals surface area contributed by atoms with Gasteiger partial charge in [-0.05, 0) is 18.2 Å². The molecule has 136 valence electrons. The molecule has 0 bridgehead atoms. The molecule has 0 aliphatic rings. The number of rotatable bonds is 7. The van der Waals surface area contributed by atoms with E-state index in [1.165, 1.54) is 12.3 Å². The first kappa shape index (κ1) is 17.7. The zero-order valence-corrected chi connectivity index (χ0v) is 14.0. The summed E-state index contributed by atoms with van der Waals surface area (Å²) in [6.07, 6.45) is 2.51. The SMILES string of the molecule is O=C(CNc1ccncc1[N+](=O)[O-])NNc1ccc(-c2ccccc2)nn1. The summed E-state index contributed by atoms with van der Waals surface area (Å²) in [4.78, 5) is 25.9. The molecule has 3 N–H and O–H groups in total. The maximum absolute atomic E-state index is 11.9. The molecule has 0 radical (unpaired) electrons. The molecule has 0 aliphatic heterocycles. The lowest BCUT2D eigenvalue weighted by atomic mass is 10.1. The Morgan fingerprint density at radius 2 is 1.89 bits per heavy atom. The smallest absolute Gasteiger partial charge is 0.310 e. The molecule has 1 aromatic carbocycles. The summed E-state index contributed by atoms with van der Waals surface area (Å²) in [5, 5.41) is 21.7. The van der Waals surface area contributed by atoms with Crippen molar-refractivity contribution >= 4 is 23.1 Å². The van der Waals surface area contributed by atoms with Crippen molar-refractivity contribution in [3.63, 3.8) is 0 Å². The standard InChI is InChI=1S/C17H15N7O3/c25-17(11-19-14-8-9-18-10-15(14)24(26)27)23-22-16-7-6-13(20-21-16)12-4-2-1-3-5-12/h1-10H,11H2,(H,18,19)(H,21,22)(H,23,25). The molecule has 2 aromatic heterocycles. The largest absolute Gasteiger partial charge is 0.370 e. The maximum atomic E-state index is 11.9. The number of anilines is 2. The predicted octanol–water partition coefficient (Wildman–Crippen LogP) is 2.00. The molecule has 10 heteroatoms. The van der Waals surface area contributed by atoms with E-state index in [9.17, 15) is 14.9 Å². The summed E-state index contributed by atoms with van der Waals surface area (Å²) in [5.74, 6) is -0.0760. The number of hydrazine groups is 1. The number of benzene rings is 1. The van der Waals surface area contributed by atoms with Crippen LogP contribution in [0, 0.1) is 10.1 Å². The lowest BCUT2D eigenvalue weighted by molar-refractivity contribution is -0.384. The van der Waals surface area contributed by atoms with Crippen LogP contribution in [0.4, 0.5) is 17.2 Å². The lowest BCUT2D eigenvalue weighted by Gasteiger charge is -2.09. The van der Waals surface area contributed by atoms with Crippen molar-refractivity contribution in [2.24, 2.45) is 0 Å². The van der Waals surface area contributed by atoms with Crippen LogP contribution < -0.4 is 16.2 Å². The molecule has 0 unspecified atom stereocenters. The molecule has 3 rings (SSSR count). The van der Waals surface area contributed by atoms with Gasteiger partial charge in [0.2, 0.25) is 0 Å². The highest BCUT2D eigenvalue weighted by molar-refractivity contribution is 5.82. The van der Waals surface area contributed by atoms with Crippen LogP contribution in [0.15, 0.2) is 60.9 Å². The van der Waals surface area contributed by atoms with E-state index in [1.807, 2.05) is 30.3 Å². The molecule has 2 heterocycles. The van der Waals surface area contributed by atoms with Crippen LogP contribution in [-0.4, -0.2) is 32.6 Å². The van der Waals surface area contributed by atoms with E-state index < -0.39 is 10.8 Å². The molecular formula is C17H15N7O3. The van der Waals surface area contributed by atoms with E-state index in [0.29, 0.717) is 11.5 Å². The third-order valence-electron chi connectivity index (χ3n) is 3.50. The van der Waals surface area contributed by atoms with E-state index in [-0.39, 0.29) is 17.9 Å². The van der Waals surface area contributed by atoms with Crippen LogP contribution >= 0.6 is 0 Å². The molecular weight excluding hydrogens is 350 g/mol. The normalized spacial score (nSPS) is 10.1. The number of aromatic nitrogens is 3. The summed E-state index contributed by atoms with van der Waals surface area (Å²) in [5.41, 5.74) is 6.71. The second-order valence-electron chi connectivity index (χ2n) is 5.35. The van der Waals surface area contributed by atoms with Gasteiger partial charge in [-0.2, -0.15) is 0 Å². The van der Waals surface area contributed by atoms with Crippen LogP contribution in [0.2, 0.25) is 0 Å². The summed E-state index contributed by atoms with van der Waals surface area (Å²) in [6, 6.07) is 14.4.